The first kappa shape index (κ1) is 8.58. The standard InChI is InChI=1S/C7H11N3O2/c1-5-4-6(8-10(5)3)9(2)7(11)12/h4H,1-3H3,(H,11,12). The summed E-state index contributed by atoms with van der Waals surface area (Å²) >= 11 is 0. The molecular weight excluding hydrogens is 158 g/mol. The number of aryl methyl sites for hydroxylation is 2. The van der Waals surface area contributed by atoms with E-state index >= 15 is 0 Å². The minimum absolute atomic E-state index is 0.447. The van der Waals surface area contributed by atoms with Crippen molar-refractivity contribution in [3.05, 3.63) is 11.8 Å². The van der Waals surface area contributed by atoms with Crippen LogP contribution in [0.5, 0.6) is 0 Å². The van der Waals surface area contributed by atoms with Gasteiger partial charge in [0.15, 0.2) is 5.82 Å². The van der Waals surface area contributed by atoms with Crippen molar-refractivity contribution in [3.63, 3.8) is 0 Å². The molecule has 1 aromatic heterocycles. The zero-order valence-corrected chi connectivity index (χ0v) is 7.27. The van der Waals surface area contributed by atoms with Crippen LogP contribution in [-0.2, 0) is 7.05 Å². The number of aromatic nitrogens is 2. The maximum atomic E-state index is 10.5. The van der Waals surface area contributed by atoms with E-state index < -0.39 is 6.09 Å². The van der Waals surface area contributed by atoms with E-state index in [0.29, 0.717) is 5.82 Å². The first-order chi connectivity index (χ1) is 5.52. The third-order valence-corrected chi connectivity index (χ3v) is 1.73. The molecule has 5 heteroatoms. The first-order valence-electron chi connectivity index (χ1n) is 3.49. The molecule has 0 aliphatic carbocycles. The van der Waals surface area contributed by atoms with Crippen molar-refractivity contribution in [3.8, 4) is 0 Å². The Labute approximate surface area is 70.2 Å². The molecule has 12 heavy (non-hydrogen) atoms. The third kappa shape index (κ3) is 1.39. The lowest BCUT2D eigenvalue weighted by atomic mass is 10.4. The van der Waals surface area contributed by atoms with Crippen LogP contribution in [0.2, 0.25) is 0 Å². The monoisotopic (exact) mass is 169 g/mol. The molecule has 0 saturated carbocycles. The molecule has 0 saturated heterocycles. The van der Waals surface area contributed by atoms with Gasteiger partial charge >= 0.3 is 6.09 Å². The van der Waals surface area contributed by atoms with Crippen LogP contribution in [-0.4, -0.2) is 28.0 Å². The predicted octanol–water partition coefficient (Wildman–Crippen LogP) is 0.843. The summed E-state index contributed by atoms with van der Waals surface area (Å²) in [5.74, 6) is 0.447. The van der Waals surface area contributed by atoms with Gasteiger partial charge < -0.3 is 5.11 Å². The van der Waals surface area contributed by atoms with Gasteiger partial charge in [-0.25, -0.2) is 4.79 Å². The number of carboxylic acid groups (broad SMARTS) is 1. The van der Waals surface area contributed by atoms with E-state index in [4.69, 9.17) is 5.11 Å². The largest absolute Gasteiger partial charge is 0.465 e. The van der Waals surface area contributed by atoms with Gasteiger partial charge in [-0.1, -0.05) is 0 Å². The lowest BCUT2D eigenvalue weighted by Gasteiger charge is -2.07. The number of carbonyl (C=O) groups is 1. The smallest absolute Gasteiger partial charge is 0.412 e. The lowest BCUT2D eigenvalue weighted by Crippen LogP contribution is -2.24. The Morgan fingerprint density at radius 1 is 1.75 bits per heavy atom. The topological polar surface area (TPSA) is 58.4 Å². The molecule has 0 unspecified atom stereocenters. The van der Waals surface area contributed by atoms with Gasteiger partial charge in [-0.2, -0.15) is 5.10 Å². The van der Waals surface area contributed by atoms with E-state index in [9.17, 15) is 4.79 Å². The highest BCUT2D eigenvalue weighted by Gasteiger charge is 2.11. The van der Waals surface area contributed by atoms with E-state index in [-0.39, 0.29) is 0 Å². The highest BCUT2D eigenvalue weighted by Crippen LogP contribution is 2.11. The SMILES string of the molecule is Cc1cc(N(C)C(=O)O)nn1C. The fourth-order valence-corrected chi connectivity index (χ4v) is 0.804. The highest BCUT2D eigenvalue weighted by atomic mass is 16.4. The molecule has 0 spiro atoms. The molecule has 0 atom stereocenters. The van der Waals surface area contributed by atoms with Gasteiger partial charge in [0.25, 0.3) is 0 Å². The molecule has 5 nitrogen and oxygen atoms in total. The molecule has 1 aromatic rings. The van der Waals surface area contributed by atoms with Crippen molar-refractivity contribution < 1.29 is 9.90 Å². The average Bonchev–Trinajstić information content (AvgIpc) is 2.30. The van der Waals surface area contributed by atoms with Gasteiger partial charge in [0.1, 0.15) is 0 Å². The number of anilines is 1. The summed E-state index contributed by atoms with van der Waals surface area (Å²) in [6.45, 7) is 1.87. The van der Waals surface area contributed by atoms with Crippen LogP contribution in [0, 0.1) is 6.92 Å². The van der Waals surface area contributed by atoms with Gasteiger partial charge in [-0.05, 0) is 6.92 Å². The van der Waals surface area contributed by atoms with Crippen LogP contribution >= 0.6 is 0 Å². The van der Waals surface area contributed by atoms with Crippen LogP contribution in [0.25, 0.3) is 0 Å². The van der Waals surface area contributed by atoms with Crippen LogP contribution < -0.4 is 4.90 Å². The minimum atomic E-state index is -1.01. The second kappa shape index (κ2) is 2.84. The van der Waals surface area contributed by atoms with E-state index in [1.54, 1.807) is 17.8 Å². The van der Waals surface area contributed by atoms with Crippen LogP contribution in [0.4, 0.5) is 10.6 Å². The zero-order valence-electron chi connectivity index (χ0n) is 7.27. The van der Waals surface area contributed by atoms with Crippen molar-refractivity contribution in [1.29, 1.82) is 0 Å². The van der Waals surface area contributed by atoms with E-state index in [0.717, 1.165) is 10.6 Å². The second-order valence-corrected chi connectivity index (χ2v) is 2.61. The minimum Gasteiger partial charge on any atom is -0.465 e. The number of hydrogen-bond acceptors (Lipinski definition) is 2. The van der Waals surface area contributed by atoms with Crippen LogP contribution in [0.3, 0.4) is 0 Å². The normalized spacial score (nSPS) is 9.92. The highest BCUT2D eigenvalue weighted by molar-refractivity contribution is 5.83. The maximum absolute atomic E-state index is 10.5. The van der Waals surface area contributed by atoms with Gasteiger partial charge in [0.05, 0.1) is 0 Å². The molecule has 0 radical (unpaired) electrons. The molecule has 0 aliphatic heterocycles. The number of nitrogens with zero attached hydrogens (tertiary/aromatic N) is 3. The Kier molecular flexibility index (Phi) is 2.03. The van der Waals surface area contributed by atoms with Crippen molar-refractivity contribution in [2.24, 2.45) is 7.05 Å². The summed E-state index contributed by atoms with van der Waals surface area (Å²) < 4.78 is 1.63. The van der Waals surface area contributed by atoms with E-state index in [2.05, 4.69) is 5.10 Å². The van der Waals surface area contributed by atoms with Crippen molar-refractivity contribution in [1.82, 2.24) is 9.78 Å². The molecule has 1 rings (SSSR count). The van der Waals surface area contributed by atoms with E-state index in [1.807, 2.05) is 6.92 Å². The molecule has 0 bridgehead atoms. The molecule has 1 heterocycles. The lowest BCUT2D eigenvalue weighted by molar-refractivity contribution is 0.203. The van der Waals surface area contributed by atoms with Gasteiger partial charge in [0.2, 0.25) is 0 Å². The Morgan fingerprint density at radius 2 is 2.33 bits per heavy atom. The molecule has 0 aromatic carbocycles. The molecule has 1 N–H and O–H groups in total. The Bertz CT molecular complexity index is 286. The number of rotatable bonds is 1. The zero-order chi connectivity index (χ0) is 9.30. The Balaban J connectivity index is 2.96. The van der Waals surface area contributed by atoms with Crippen molar-refractivity contribution in [2.75, 3.05) is 11.9 Å². The van der Waals surface area contributed by atoms with Crippen molar-refractivity contribution in [2.45, 2.75) is 6.92 Å². The molecule has 0 aliphatic rings. The molecule has 66 valence electrons. The van der Waals surface area contributed by atoms with Gasteiger partial charge in [0, 0.05) is 25.9 Å². The Hall–Kier alpha value is -1.52. The molecule has 0 fully saturated rings. The van der Waals surface area contributed by atoms with Crippen LogP contribution in [0.15, 0.2) is 6.07 Å². The fourth-order valence-electron chi connectivity index (χ4n) is 0.804. The Morgan fingerprint density at radius 3 is 2.67 bits per heavy atom. The third-order valence-electron chi connectivity index (χ3n) is 1.73. The van der Waals surface area contributed by atoms with E-state index in [1.165, 1.54) is 7.05 Å². The summed E-state index contributed by atoms with van der Waals surface area (Å²) in [4.78, 5) is 11.6. The summed E-state index contributed by atoms with van der Waals surface area (Å²) in [7, 11) is 3.23. The first-order valence-corrected chi connectivity index (χ1v) is 3.49. The molecule has 1 amide bonds. The summed E-state index contributed by atoms with van der Waals surface area (Å²) in [5.41, 5.74) is 0.929. The quantitative estimate of drug-likeness (QED) is 0.677. The maximum Gasteiger partial charge on any atom is 0.412 e. The summed E-state index contributed by atoms with van der Waals surface area (Å²) in [5, 5.41) is 12.6. The number of amides is 1. The number of hydrogen-bond donors (Lipinski definition) is 1. The van der Waals surface area contributed by atoms with Gasteiger partial charge in [-0.15, -0.1) is 0 Å². The average molecular weight is 169 g/mol. The predicted molar refractivity (Wildman–Crippen MR) is 44.4 cm³/mol. The van der Waals surface area contributed by atoms with Crippen molar-refractivity contribution >= 4 is 11.9 Å². The summed E-state index contributed by atoms with van der Waals surface area (Å²) in [6, 6.07) is 1.72. The second-order valence-electron chi connectivity index (χ2n) is 2.61. The van der Waals surface area contributed by atoms with Gasteiger partial charge in [-0.3, -0.25) is 9.58 Å². The fraction of sp³-hybridized carbons (Fsp3) is 0.429. The molecular formula is C7H11N3O2. The van der Waals surface area contributed by atoms with Crippen LogP contribution in [0.1, 0.15) is 5.69 Å². The summed E-state index contributed by atoms with van der Waals surface area (Å²) in [6.07, 6.45) is -1.01.